The van der Waals surface area contributed by atoms with Crippen LogP contribution in [0.5, 0.6) is 0 Å². The highest BCUT2D eigenvalue weighted by Gasteiger charge is 1.89. The third-order valence-corrected chi connectivity index (χ3v) is 0.871. The van der Waals surface area contributed by atoms with Gasteiger partial charge in [0, 0.05) is 14.1 Å². The Morgan fingerprint density at radius 1 is 1.50 bits per heavy atom. The van der Waals surface area contributed by atoms with Crippen LogP contribution in [0.15, 0.2) is 5.16 Å². The van der Waals surface area contributed by atoms with E-state index in [1.165, 1.54) is 7.11 Å². The number of hydrogen-bond donors (Lipinski definition) is 0. The molecule has 3 heteroatoms. The lowest BCUT2D eigenvalue weighted by Gasteiger charge is -2.08. The van der Waals surface area contributed by atoms with Crippen molar-refractivity contribution in [2.75, 3.05) is 21.2 Å². The molecule has 0 saturated carbocycles. The maximum absolute atomic E-state index is 4.51. The predicted molar refractivity (Wildman–Crippen MR) is 33.8 cm³/mol. The first-order valence-corrected chi connectivity index (χ1v) is 2.43. The van der Waals surface area contributed by atoms with Crippen molar-refractivity contribution in [3.63, 3.8) is 0 Å². The zero-order valence-corrected chi connectivity index (χ0v) is 5.80. The maximum Gasteiger partial charge on any atom is 0.140 e. The molecule has 0 unspecified atom stereocenters. The Morgan fingerprint density at radius 2 is 2.00 bits per heavy atom. The molecule has 0 aliphatic rings. The van der Waals surface area contributed by atoms with Gasteiger partial charge in [0.25, 0.3) is 0 Å². The molecule has 0 aliphatic heterocycles. The molecule has 0 aromatic carbocycles. The van der Waals surface area contributed by atoms with Gasteiger partial charge in [0.15, 0.2) is 0 Å². The Kier molecular flexibility index (Phi) is 2.99. The summed E-state index contributed by atoms with van der Waals surface area (Å²) in [5.41, 5.74) is 0. The first kappa shape index (κ1) is 7.27. The normalized spacial score (nSPS) is 11.2. The average Bonchev–Trinajstić information content (AvgIpc) is 1.67. The van der Waals surface area contributed by atoms with Crippen molar-refractivity contribution in [2.45, 2.75) is 6.92 Å². The minimum atomic E-state index is 0.868. The molecule has 0 bridgehead atoms. The first-order valence-electron chi connectivity index (χ1n) is 2.43. The lowest BCUT2D eigenvalue weighted by molar-refractivity contribution is 0.208. The Bertz CT molecular complexity index is 88.4. The van der Waals surface area contributed by atoms with Gasteiger partial charge in [-0.15, -0.1) is 0 Å². The predicted octanol–water partition coefficient (Wildman–Crippen LogP) is 0.528. The molecular weight excluding hydrogens is 104 g/mol. The van der Waals surface area contributed by atoms with Crippen LogP contribution in [0.25, 0.3) is 0 Å². The molecule has 0 rings (SSSR count). The Labute approximate surface area is 49.9 Å². The van der Waals surface area contributed by atoms with Gasteiger partial charge in [0.05, 0.1) is 0 Å². The smallest absolute Gasteiger partial charge is 0.140 e. The topological polar surface area (TPSA) is 24.8 Å². The van der Waals surface area contributed by atoms with E-state index < -0.39 is 0 Å². The van der Waals surface area contributed by atoms with Gasteiger partial charge in [-0.3, -0.25) is 0 Å². The summed E-state index contributed by atoms with van der Waals surface area (Å²) in [5, 5.41) is 3.67. The summed E-state index contributed by atoms with van der Waals surface area (Å²) < 4.78 is 0. The van der Waals surface area contributed by atoms with Crippen LogP contribution in [0, 0.1) is 0 Å². The molecule has 0 saturated heterocycles. The summed E-state index contributed by atoms with van der Waals surface area (Å²) in [7, 11) is 5.36. The van der Waals surface area contributed by atoms with E-state index >= 15 is 0 Å². The summed E-state index contributed by atoms with van der Waals surface area (Å²) in [6, 6.07) is 0. The quantitative estimate of drug-likeness (QED) is 0.283. The second-order valence-corrected chi connectivity index (χ2v) is 1.72. The number of oxime groups is 1. The summed E-state index contributed by atoms with van der Waals surface area (Å²) in [6.45, 7) is 1.88. The van der Waals surface area contributed by atoms with Gasteiger partial charge in [-0.25, -0.2) is 0 Å². The van der Waals surface area contributed by atoms with Crippen LogP contribution in [0.4, 0.5) is 0 Å². The van der Waals surface area contributed by atoms with Crippen LogP contribution < -0.4 is 0 Å². The standard InChI is InChI=1S/C5H12N2O/c1-5(6-8-4)7(2)3/h1-4H3. The lowest BCUT2D eigenvalue weighted by Crippen LogP contribution is -2.18. The van der Waals surface area contributed by atoms with E-state index in [1.807, 2.05) is 25.9 Å². The monoisotopic (exact) mass is 116 g/mol. The maximum atomic E-state index is 4.51. The molecule has 0 aliphatic carbocycles. The number of hydrogen-bond acceptors (Lipinski definition) is 2. The zero-order valence-electron chi connectivity index (χ0n) is 5.80. The van der Waals surface area contributed by atoms with Crippen molar-refractivity contribution in [3.8, 4) is 0 Å². The number of amidine groups is 1. The molecule has 0 amide bonds. The highest BCUT2D eigenvalue weighted by atomic mass is 16.6. The van der Waals surface area contributed by atoms with Gasteiger partial charge >= 0.3 is 0 Å². The molecule has 0 atom stereocenters. The third-order valence-electron chi connectivity index (χ3n) is 0.871. The minimum Gasteiger partial charge on any atom is -0.398 e. The number of rotatable bonds is 1. The SMILES string of the molecule is CON=C(C)N(C)C. The minimum absolute atomic E-state index is 0.868. The van der Waals surface area contributed by atoms with Crippen molar-refractivity contribution in [2.24, 2.45) is 5.16 Å². The van der Waals surface area contributed by atoms with Crippen LogP contribution in [0.3, 0.4) is 0 Å². The molecule has 0 spiro atoms. The molecule has 48 valence electrons. The van der Waals surface area contributed by atoms with E-state index in [-0.39, 0.29) is 0 Å². The fourth-order valence-electron chi connectivity index (χ4n) is 0.214. The fourth-order valence-corrected chi connectivity index (χ4v) is 0.214. The molecule has 0 fully saturated rings. The second kappa shape index (κ2) is 3.29. The highest BCUT2D eigenvalue weighted by molar-refractivity contribution is 5.78. The molecular formula is C5H12N2O. The van der Waals surface area contributed by atoms with E-state index in [1.54, 1.807) is 0 Å². The van der Waals surface area contributed by atoms with Gasteiger partial charge in [-0.2, -0.15) is 0 Å². The Balaban J connectivity index is 3.61. The zero-order chi connectivity index (χ0) is 6.57. The summed E-state index contributed by atoms with van der Waals surface area (Å²) in [6.07, 6.45) is 0. The molecule has 0 aromatic rings. The van der Waals surface area contributed by atoms with Crippen LogP contribution in [0.2, 0.25) is 0 Å². The molecule has 0 radical (unpaired) electrons. The summed E-state index contributed by atoms with van der Waals surface area (Å²) >= 11 is 0. The van der Waals surface area contributed by atoms with E-state index in [2.05, 4.69) is 9.99 Å². The van der Waals surface area contributed by atoms with Crippen molar-refractivity contribution < 1.29 is 4.84 Å². The molecule has 0 aromatic heterocycles. The lowest BCUT2D eigenvalue weighted by atomic mass is 10.6. The van der Waals surface area contributed by atoms with Crippen molar-refractivity contribution >= 4 is 5.84 Å². The number of nitrogens with zero attached hydrogens (tertiary/aromatic N) is 2. The van der Waals surface area contributed by atoms with Crippen molar-refractivity contribution in [3.05, 3.63) is 0 Å². The summed E-state index contributed by atoms with van der Waals surface area (Å²) in [5.74, 6) is 0.868. The van der Waals surface area contributed by atoms with E-state index in [4.69, 9.17) is 0 Å². The van der Waals surface area contributed by atoms with Gasteiger partial charge in [-0.1, -0.05) is 5.16 Å². The second-order valence-electron chi connectivity index (χ2n) is 1.72. The molecule has 3 nitrogen and oxygen atoms in total. The van der Waals surface area contributed by atoms with E-state index in [0.717, 1.165) is 5.84 Å². The van der Waals surface area contributed by atoms with Gasteiger partial charge in [0.2, 0.25) is 0 Å². The highest BCUT2D eigenvalue weighted by Crippen LogP contribution is 1.80. The van der Waals surface area contributed by atoms with Gasteiger partial charge in [-0.05, 0) is 6.92 Å². The van der Waals surface area contributed by atoms with Crippen LogP contribution in [-0.2, 0) is 4.84 Å². The Hall–Kier alpha value is -0.730. The van der Waals surface area contributed by atoms with E-state index in [9.17, 15) is 0 Å². The largest absolute Gasteiger partial charge is 0.398 e. The van der Waals surface area contributed by atoms with E-state index in [0.29, 0.717) is 0 Å². The van der Waals surface area contributed by atoms with Crippen molar-refractivity contribution in [1.29, 1.82) is 0 Å². The van der Waals surface area contributed by atoms with Crippen LogP contribution in [0.1, 0.15) is 6.92 Å². The molecule has 0 N–H and O–H groups in total. The molecule has 8 heavy (non-hydrogen) atoms. The Morgan fingerprint density at radius 3 is 2.12 bits per heavy atom. The fraction of sp³-hybridized carbons (Fsp3) is 0.800. The van der Waals surface area contributed by atoms with Crippen LogP contribution >= 0.6 is 0 Å². The third kappa shape index (κ3) is 2.44. The summed E-state index contributed by atoms with van der Waals surface area (Å²) in [4.78, 5) is 6.39. The average molecular weight is 116 g/mol. The first-order chi connectivity index (χ1) is 3.68. The van der Waals surface area contributed by atoms with Gasteiger partial charge < -0.3 is 9.74 Å². The van der Waals surface area contributed by atoms with Crippen LogP contribution in [-0.4, -0.2) is 31.9 Å². The van der Waals surface area contributed by atoms with Gasteiger partial charge in [0.1, 0.15) is 12.9 Å². The van der Waals surface area contributed by atoms with Crippen molar-refractivity contribution in [1.82, 2.24) is 4.90 Å². The molecule has 0 heterocycles.